The maximum atomic E-state index is 13.1. The molecule has 1 aliphatic rings. The van der Waals surface area contributed by atoms with Gasteiger partial charge in [-0.05, 0) is 37.0 Å². The van der Waals surface area contributed by atoms with E-state index in [9.17, 15) is 9.59 Å². The zero-order valence-electron chi connectivity index (χ0n) is 16.6. The number of nitrogens with zero attached hydrogens (tertiary/aromatic N) is 5. The second kappa shape index (κ2) is 6.81. The molecule has 0 aliphatic carbocycles. The molecule has 3 aromatic rings. The molecule has 1 aromatic carbocycles. The molecule has 28 heavy (non-hydrogen) atoms. The Hall–Kier alpha value is -2.54. The van der Waals surface area contributed by atoms with Crippen molar-refractivity contribution in [1.29, 1.82) is 0 Å². The van der Waals surface area contributed by atoms with Gasteiger partial charge in [-0.2, -0.15) is 4.98 Å². The second-order valence-corrected chi connectivity index (χ2v) is 8.00. The van der Waals surface area contributed by atoms with E-state index in [0.29, 0.717) is 47.6 Å². The summed E-state index contributed by atoms with van der Waals surface area (Å²) < 4.78 is 4.74. The molecular weight excluding hydrogens is 378 g/mol. The van der Waals surface area contributed by atoms with Gasteiger partial charge in [-0.3, -0.25) is 13.9 Å². The molecule has 8 heteroatoms. The first-order chi connectivity index (χ1) is 13.3. The molecule has 3 heterocycles. The molecule has 0 saturated carbocycles. The van der Waals surface area contributed by atoms with Crippen LogP contribution in [0.25, 0.3) is 11.2 Å². The Morgan fingerprint density at radius 1 is 1.25 bits per heavy atom. The maximum absolute atomic E-state index is 13.1. The molecule has 0 saturated heterocycles. The number of aryl methyl sites for hydroxylation is 1. The summed E-state index contributed by atoms with van der Waals surface area (Å²) in [5.74, 6) is 0.986. The number of rotatable bonds is 3. The molecule has 7 nitrogen and oxygen atoms in total. The summed E-state index contributed by atoms with van der Waals surface area (Å²) >= 11 is 6.35. The Labute approximate surface area is 167 Å². The van der Waals surface area contributed by atoms with Crippen LogP contribution >= 0.6 is 11.6 Å². The molecular formula is C20H24ClN5O2. The first-order valence-electron chi connectivity index (χ1n) is 9.57. The van der Waals surface area contributed by atoms with Crippen LogP contribution < -0.4 is 16.1 Å². The standard InChI is InChI=1S/C20H24ClN5O2/c1-5-9-24-18(27)16-17(23(4)20(24)28)22-19-25(10-12(2)11-26(16)19)15-8-6-7-14(21)13(15)3/h6-8,12H,5,9-11H2,1-4H3/t12-/m0/s1. The van der Waals surface area contributed by atoms with Crippen LogP contribution in [-0.2, 0) is 20.1 Å². The third-order valence-corrected chi connectivity index (χ3v) is 5.83. The van der Waals surface area contributed by atoms with Crippen molar-refractivity contribution in [2.75, 3.05) is 11.4 Å². The first kappa shape index (κ1) is 18.8. The van der Waals surface area contributed by atoms with Gasteiger partial charge >= 0.3 is 5.69 Å². The average Bonchev–Trinajstić information content (AvgIpc) is 3.04. The van der Waals surface area contributed by atoms with E-state index < -0.39 is 0 Å². The van der Waals surface area contributed by atoms with Crippen molar-refractivity contribution in [2.24, 2.45) is 13.0 Å². The average molecular weight is 402 g/mol. The Kier molecular flexibility index (Phi) is 4.57. The van der Waals surface area contributed by atoms with Gasteiger partial charge < -0.3 is 9.47 Å². The SMILES string of the molecule is CCCn1c(=O)c2c(nc3n2C[C@@H](C)CN3c2cccc(Cl)c2C)n(C)c1=O. The monoisotopic (exact) mass is 401 g/mol. The lowest BCUT2D eigenvalue weighted by molar-refractivity contribution is 0.457. The van der Waals surface area contributed by atoms with Gasteiger partial charge in [0.05, 0.1) is 0 Å². The van der Waals surface area contributed by atoms with Gasteiger partial charge in [0.1, 0.15) is 0 Å². The van der Waals surface area contributed by atoms with Crippen molar-refractivity contribution >= 4 is 34.4 Å². The van der Waals surface area contributed by atoms with Gasteiger partial charge in [0.15, 0.2) is 11.2 Å². The van der Waals surface area contributed by atoms with Crippen molar-refractivity contribution in [3.8, 4) is 0 Å². The highest BCUT2D eigenvalue weighted by atomic mass is 35.5. The predicted molar refractivity (Wildman–Crippen MR) is 112 cm³/mol. The quantitative estimate of drug-likeness (QED) is 0.676. The molecule has 0 bridgehead atoms. The number of anilines is 2. The fourth-order valence-corrected chi connectivity index (χ4v) is 4.19. The summed E-state index contributed by atoms with van der Waals surface area (Å²) in [7, 11) is 1.67. The van der Waals surface area contributed by atoms with Crippen molar-refractivity contribution in [3.63, 3.8) is 0 Å². The van der Waals surface area contributed by atoms with Gasteiger partial charge in [0.25, 0.3) is 5.56 Å². The van der Waals surface area contributed by atoms with E-state index in [1.807, 2.05) is 36.6 Å². The number of halogens is 1. The first-order valence-corrected chi connectivity index (χ1v) is 9.95. The predicted octanol–water partition coefficient (Wildman–Crippen LogP) is 3.06. The molecule has 1 aliphatic heterocycles. The van der Waals surface area contributed by atoms with Crippen LogP contribution in [0.1, 0.15) is 25.8 Å². The summed E-state index contributed by atoms with van der Waals surface area (Å²) in [6, 6.07) is 5.79. The van der Waals surface area contributed by atoms with Gasteiger partial charge in [0.2, 0.25) is 5.95 Å². The Bertz CT molecular complexity index is 1190. The van der Waals surface area contributed by atoms with Gasteiger partial charge in [-0.25, -0.2) is 4.79 Å². The lowest BCUT2D eigenvalue weighted by Gasteiger charge is -2.34. The Morgan fingerprint density at radius 3 is 2.71 bits per heavy atom. The molecule has 0 radical (unpaired) electrons. The van der Waals surface area contributed by atoms with Crippen molar-refractivity contribution in [3.05, 3.63) is 49.6 Å². The van der Waals surface area contributed by atoms with E-state index >= 15 is 0 Å². The Morgan fingerprint density at radius 2 is 2.00 bits per heavy atom. The topological polar surface area (TPSA) is 65.1 Å². The molecule has 0 unspecified atom stereocenters. The second-order valence-electron chi connectivity index (χ2n) is 7.59. The van der Waals surface area contributed by atoms with Crippen LogP contribution in [0.2, 0.25) is 5.02 Å². The highest BCUT2D eigenvalue weighted by molar-refractivity contribution is 6.31. The minimum Gasteiger partial charge on any atom is -0.311 e. The van der Waals surface area contributed by atoms with E-state index in [-0.39, 0.29) is 11.2 Å². The number of aromatic nitrogens is 4. The fraction of sp³-hybridized carbons (Fsp3) is 0.450. The van der Waals surface area contributed by atoms with Crippen LogP contribution in [0.3, 0.4) is 0 Å². The maximum Gasteiger partial charge on any atom is 0.332 e. The normalized spacial score (nSPS) is 16.6. The van der Waals surface area contributed by atoms with E-state index in [4.69, 9.17) is 16.6 Å². The van der Waals surface area contributed by atoms with Crippen LogP contribution in [0, 0.1) is 12.8 Å². The third-order valence-electron chi connectivity index (χ3n) is 5.42. The van der Waals surface area contributed by atoms with Crippen LogP contribution in [0.15, 0.2) is 27.8 Å². The number of fused-ring (bicyclic) bond motifs is 3. The highest BCUT2D eigenvalue weighted by Gasteiger charge is 2.30. The zero-order valence-corrected chi connectivity index (χ0v) is 17.3. The van der Waals surface area contributed by atoms with Crippen molar-refractivity contribution < 1.29 is 0 Å². The number of hydrogen-bond acceptors (Lipinski definition) is 4. The molecule has 148 valence electrons. The van der Waals surface area contributed by atoms with Crippen LogP contribution in [-0.4, -0.2) is 25.2 Å². The summed E-state index contributed by atoms with van der Waals surface area (Å²) in [5, 5.41) is 0.691. The molecule has 0 amide bonds. The molecule has 0 fully saturated rings. The minimum absolute atomic E-state index is 0.268. The minimum atomic E-state index is -0.326. The van der Waals surface area contributed by atoms with E-state index in [1.54, 1.807) is 7.05 Å². The van der Waals surface area contributed by atoms with Gasteiger partial charge in [0, 0.05) is 37.4 Å². The Balaban J connectivity index is 2.04. The van der Waals surface area contributed by atoms with E-state index in [0.717, 1.165) is 17.8 Å². The van der Waals surface area contributed by atoms with Crippen molar-refractivity contribution in [2.45, 2.75) is 40.3 Å². The summed E-state index contributed by atoms with van der Waals surface area (Å²) in [6.45, 7) is 7.92. The molecule has 2 aromatic heterocycles. The van der Waals surface area contributed by atoms with Gasteiger partial charge in [-0.15, -0.1) is 0 Å². The molecule has 0 N–H and O–H groups in total. The largest absolute Gasteiger partial charge is 0.332 e. The number of benzene rings is 1. The molecule has 0 spiro atoms. The van der Waals surface area contributed by atoms with E-state index in [2.05, 4.69) is 11.8 Å². The lowest BCUT2D eigenvalue weighted by Crippen LogP contribution is -2.40. The van der Waals surface area contributed by atoms with E-state index in [1.165, 1.54) is 9.13 Å². The summed E-state index contributed by atoms with van der Waals surface area (Å²) in [6.07, 6.45) is 0.714. The summed E-state index contributed by atoms with van der Waals surface area (Å²) in [5.41, 5.74) is 2.26. The molecule has 4 rings (SSSR count). The molecule has 1 atom stereocenters. The van der Waals surface area contributed by atoms with Crippen molar-refractivity contribution in [1.82, 2.24) is 18.7 Å². The third kappa shape index (κ3) is 2.68. The van der Waals surface area contributed by atoms with Crippen LogP contribution in [0.5, 0.6) is 0 Å². The summed E-state index contributed by atoms with van der Waals surface area (Å²) in [4.78, 5) is 32.6. The highest BCUT2D eigenvalue weighted by Crippen LogP contribution is 2.36. The fourth-order valence-electron chi connectivity index (χ4n) is 4.02. The smallest absolute Gasteiger partial charge is 0.311 e. The number of imidazole rings is 1. The van der Waals surface area contributed by atoms with Crippen LogP contribution in [0.4, 0.5) is 11.6 Å². The zero-order chi connectivity index (χ0) is 20.2. The lowest BCUT2D eigenvalue weighted by atomic mass is 10.1. The number of hydrogen-bond donors (Lipinski definition) is 0. The van der Waals surface area contributed by atoms with Gasteiger partial charge in [-0.1, -0.05) is 31.5 Å².